The first-order valence-corrected chi connectivity index (χ1v) is 9.35. The molecule has 0 atom stereocenters. The third-order valence-corrected chi connectivity index (χ3v) is 4.31. The van der Waals surface area contributed by atoms with Gasteiger partial charge in [0, 0.05) is 12.0 Å². The predicted molar refractivity (Wildman–Crippen MR) is 110 cm³/mol. The second-order valence-electron chi connectivity index (χ2n) is 6.80. The monoisotopic (exact) mass is 403 g/mol. The van der Waals surface area contributed by atoms with Crippen LogP contribution in [0.1, 0.15) is 31.4 Å². The van der Waals surface area contributed by atoms with Gasteiger partial charge in [0.1, 0.15) is 5.75 Å². The van der Waals surface area contributed by atoms with Crippen molar-refractivity contribution in [3.05, 3.63) is 65.7 Å². The quantitative estimate of drug-likeness (QED) is 0.375. The van der Waals surface area contributed by atoms with Crippen LogP contribution >= 0.6 is 0 Å². The smallest absolute Gasteiger partial charge is 0.414 e. The second kappa shape index (κ2) is 12.5. The van der Waals surface area contributed by atoms with Crippen molar-refractivity contribution in [1.29, 1.82) is 0 Å². The van der Waals surface area contributed by atoms with E-state index in [0.717, 1.165) is 18.7 Å². The molecule has 29 heavy (non-hydrogen) atoms. The molecule has 0 saturated carbocycles. The first-order valence-electron chi connectivity index (χ1n) is 9.35. The molecule has 0 heterocycles. The number of carboxylic acid groups (broad SMARTS) is 2. The fourth-order valence-electron chi connectivity index (χ4n) is 2.58. The number of ether oxygens (including phenoxy) is 1. The van der Waals surface area contributed by atoms with Gasteiger partial charge in [-0.2, -0.15) is 0 Å². The summed E-state index contributed by atoms with van der Waals surface area (Å²) in [5, 5.41) is 26.6. The maximum atomic E-state index is 9.10. The van der Waals surface area contributed by atoms with Crippen molar-refractivity contribution in [2.24, 2.45) is 0 Å². The van der Waals surface area contributed by atoms with Gasteiger partial charge in [0.25, 0.3) is 0 Å². The summed E-state index contributed by atoms with van der Waals surface area (Å²) >= 11 is 0. The van der Waals surface area contributed by atoms with Crippen LogP contribution in [0, 0.1) is 0 Å². The maximum absolute atomic E-state index is 9.10. The van der Waals surface area contributed by atoms with Crippen LogP contribution in [0.25, 0.3) is 0 Å². The van der Waals surface area contributed by atoms with E-state index in [4.69, 9.17) is 29.6 Å². The van der Waals surface area contributed by atoms with Gasteiger partial charge < -0.3 is 25.4 Å². The van der Waals surface area contributed by atoms with Crippen LogP contribution in [0.4, 0.5) is 0 Å². The largest absolute Gasteiger partial charge is 0.494 e. The predicted octanol–water partition coefficient (Wildman–Crippen LogP) is 2.52. The lowest BCUT2D eigenvalue weighted by Crippen LogP contribution is -2.21. The van der Waals surface area contributed by atoms with E-state index in [0.29, 0.717) is 13.2 Å². The first-order chi connectivity index (χ1) is 13.8. The van der Waals surface area contributed by atoms with Crippen molar-refractivity contribution in [2.45, 2.75) is 25.7 Å². The van der Waals surface area contributed by atoms with Crippen molar-refractivity contribution in [1.82, 2.24) is 5.32 Å². The molecule has 7 heteroatoms. The minimum Gasteiger partial charge on any atom is -0.494 e. The van der Waals surface area contributed by atoms with Gasteiger partial charge in [0.15, 0.2) is 0 Å². The van der Waals surface area contributed by atoms with Crippen molar-refractivity contribution in [3.8, 4) is 5.75 Å². The Hall–Kier alpha value is -2.90. The molecule has 0 bridgehead atoms. The number of nitrogens with one attached hydrogen (secondary N) is 1. The summed E-state index contributed by atoms with van der Waals surface area (Å²) in [6, 6.07) is 18.9. The molecule has 0 aliphatic heterocycles. The number of aliphatic carboxylic acids is 2. The lowest BCUT2D eigenvalue weighted by molar-refractivity contribution is -0.159. The van der Waals surface area contributed by atoms with E-state index in [2.05, 4.69) is 55.6 Å². The van der Waals surface area contributed by atoms with Crippen LogP contribution in [0.2, 0.25) is 0 Å². The van der Waals surface area contributed by atoms with Gasteiger partial charge in [-0.1, -0.05) is 56.3 Å². The topological polar surface area (TPSA) is 116 Å². The van der Waals surface area contributed by atoms with Crippen molar-refractivity contribution >= 4 is 11.9 Å². The van der Waals surface area contributed by atoms with Crippen molar-refractivity contribution < 1.29 is 29.6 Å². The first kappa shape index (κ1) is 24.1. The zero-order valence-electron chi connectivity index (χ0n) is 16.8. The zero-order valence-corrected chi connectivity index (χ0v) is 16.8. The molecule has 2 rings (SSSR count). The molecule has 2 aromatic rings. The molecular formula is C22H29NO6. The molecule has 0 spiro atoms. The Kier molecular flexibility index (Phi) is 10.4. The van der Waals surface area contributed by atoms with Gasteiger partial charge in [0.05, 0.1) is 13.2 Å². The lowest BCUT2D eigenvalue weighted by Gasteiger charge is -2.26. The Balaban J connectivity index is 0.000000612. The average Bonchev–Trinajstić information content (AvgIpc) is 2.72. The van der Waals surface area contributed by atoms with E-state index >= 15 is 0 Å². The Morgan fingerprint density at radius 2 is 1.45 bits per heavy atom. The van der Waals surface area contributed by atoms with Crippen LogP contribution in [-0.2, 0) is 15.0 Å². The van der Waals surface area contributed by atoms with Gasteiger partial charge in [-0.25, -0.2) is 9.59 Å². The number of rotatable bonds is 9. The fraction of sp³-hybridized carbons (Fsp3) is 0.364. The summed E-state index contributed by atoms with van der Waals surface area (Å²) in [6.07, 6.45) is 0.928. The van der Waals surface area contributed by atoms with Crippen LogP contribution in [0.5, 0.6) is 5.75 Å². The van der Waals surface area contributed by atoms with Gasteiger partial charge in [0.2, 0.25) is 0 Å². The molecule has 0 aliphatic carbocycles. The Labute approximate surface area is 171 Å². The number of hydrogen-bond donors (Lipinski definition) is 4. The molecule has 0 fully saturated rings. The van der Waals surface area contributed by atoms with Crippen LogP contribution in [0.15, 0.2) is 54.6 Å². The lowest BCUT2D eigenvalue weighted by atomic mass is 9.78. The van der Waals surface area contributed by atoms with Crippen LogP contribution in [-0.4, -0.2) is 53.6 Å². The number of carbonyl (C=O) groups is 2. The van der Waals surface area contributed by atoms with Crippen LogP contribution < -0.4 is 10.1 Å². The molecule has 0 radical (unpaired) electrons. The molecule has 0 aromatic heterocycles. The van der Waals surface area contributed by atoms with Gasteiger partial charge >= 0.3 is 11.9 Å². The van der Waals surface area contributed by atoms with Crippen molar-refractivity contribution in [2.75, 3.05) is 26.3 Å². The highest BCUT2D eigenvalue weighted by Gasteiger charge is 2.22. The summed E-state index contributed by atoms with van der Waals surface area (Å²) < 4.78 is 5.76. The average molecular weight is 403 g/mol. The summed E-state index contributed by atoms with van der Waals surface area (Å²) in [5.74, 6) is -2.75. The minimum atomic E-state index is -1.82. The van der Waals surface area contributed by atoms with E-state index in [1.165, 1.54) is 11.1 Å². The highest BCUT2D eigenvalue weighted by atomic mass is 16.5. The number of aliphatic hydroxyl groups excluding tert-OH is 1. The second-order valence-corrected chi connectivity index (χ2v) is 6.80. The molecule has 7 nitrogen and oxygen atoms in total. The van der Waals surface area contributed by atoms with Crippen LogP contribution in [0.3, 0.4) is 0 Å². The highest BCUT2D eigenvalue weighted by Crippen LogP contribution is 2.32. The Morgan fingerprint density at radius 1 is 0.897 bits per heavy atom. The maximum Gasteiger partial charge on any atom is 0.414 e. The molecule has 0 saturated heterocycles. The highest BCUT2D eigenvalue weighted by molar-refractivity contribution is 6.27. The molecule has 0 unspecified atom stereocenters. The Bertz CT molecular complexity index is 732. The third kappa shape index (κ3) is 8.76. The summed E-state index contributed by atoms with van der Waals surface area (Å²) in [4.78, 5) is 18.2. The number of benzene rings is 2. The van der Waals surface area contributed by atoms with Gasteiger partial charge in [-0.15, -0.1) is 0 Å². The minimum absolute atomic E-state index is 0.0198. The SMILES string of the molecule is CC(C)(c1ccccc1)c1ccc(OCCCNCCO)cc1.O=C(O)C(=O)O. The fourth-order valence-corrected chi connectivity index (χ4v) is 2.58. The molecule has 0 aliphatic rings. The molecule has 0 amide bonds. The van der Waals surface area contributed by atoms with E-state index in [-0.39, 0.29) is 12.0 Å². The molecule has 158 valence electrons. The standard InChI is InChI=1S/C20H27NO2.C2H2O4/c1-20(2,17-7-4-3-5-8-17)18-9-11-19(12-10-18)23-16-6-13-21-14-15-22;3-1(4)2(5)6/h3-5,7-12,21-22H,6,13-16H2,1-2H3;(H,3,4)(H,5,6). The van der Waals surface area contributed by atoms with E-state index < -0.39 is 11.9 Å². The van der Waals surface area contributed by atoms with Crippen molar-refractivity contribution in [3.63, 3.8) is 0 Å². The zero-order chi connectivity index (χ0) is 21.7. The number of hydrogen-bond acceptors (Lipinski definition) is 5. The number of carboxylic acids is 2. The summed E-state index contributed by atoms with van der Waals surface area (Å²) in [7, 11) is 0. The summed E-state index contributed by atoms with van der Waals surface area (Å²) in [6.45, 7) is 6.85. The van der Waals surface area contributed by atoms with Gasteiger partial charge in [-0.05, 0) is 36.2 Å². The van der Waals surface area contributed by atoms with Gasteiger partial charge in [-0.3, -0.25) is 0 Å². The Morgan fingerprint density at radius 3 is 1.97 bits per heavy atom. The van der Waals surface area contributed by atoms with E-state index in [1.807, 2.05) is 18.2 Å². The number of aliphatic hydroxyl groups is 1. The normalized spacial score (nSPS) is 10.6. The van der Waals surface area contributed by atoms with E-state index in [1.54, 1.807) is 0 Å². The summed E-state index contributed by atoms with van der Waals surface area (Å²) in [5.41, 5.74) is 2.57. The molecular weight excluding hydrogens is 374 g/mol. The van der Waals surface area contributed by atoms with E-state index in [9.17, 15) is 0 Å². The molecule has 4 N–H and O–H groups in total. The molecule has 2 aromatic carbocycles. The third-order valence-electron chi connectivity index (χ3n) is 4.31.